The highest BCUT2D eigenvalue weighted by Crippen LogP contribution is 2.46. The number of fused-ring (bicyclic) bond motifs is 8. The molecule has 0 amide bonds. The molecule has 3 fully saturated rings. The van der Waals surface area contributed by atoms with Gasteiger partial charge in [-0.2, -0.15) is 0 Å². The lowest BCUT2D eigenvalue weighted by molar-refractivity contribution is 0.443. The largest absolute Gasteiger partial charge is 0.456 e. The van der Waals surface area contributed by atoms with E-state index < -0.39 is 0 Å². The molecule has 12 rings (SSSR count). The Morgan fingerprint density at radius 1 is 0.439 bits per heavy atom. The monoisotopic (exact) mass is 741 g/mol. The molecular formula is C54H52BNO. The van der Waals surface area contributed by atoms with Gasteiger partial charge in [-0.05, 0) is 155 Å². The lowest BCUT2D eigenvalue weighted by atomic mass is 9.37. The molecule has 0 atom stereocenters. The van der Waals surface area contributed by atoms with Gasteiger partial charge < -0.3 is 9.32 Å². The standard InChI is InChI=1S/C54H52BNO/c1-4-12-35(13-5-1)38-20-25-43(26-21-38)56-50-28-23-41(37-16-8-3-9-17-37)33-49(50)55-48-32-40(36-14-6-2-7-15-36)22-27-44(48)47-31-42(34-51(56)54(47)55)39-24-29-53-46(30-39)45-18-10-11-19-52(45)57-53/h10-11,18-37H,1-9,12-17H2. The molecule has 0 N–H and O–H groups in total. The molecule has 2 nitrogen and oxygen atoms in total. The summed E-state index contributed by atoms with van der Waals surface area (Å²) in [5.41, 5.74) is 20.4. The van der Waals surface area contributed by atoms with Gasteiger partial charge in [-0.15, -0.1) is 0 Å². The topological polar surface area (TPSA) is 16.4 Å². The Kier molecular flexibility index (Phi) is 8.26. The van der Waals surface area contributed by atoms with E-state index in [4.69, 9.17) is 4.42 Å². The second-order valence-electron chi connectivity index (χ2n) is 18.3. The molecule has 2 aliphatic heterocycles. The quantitative estimate of drug-likeness (QED) is 0.163. The molecule has 5 aliphatic rings. The van der Waals surface area contributed by atoms with E-state index >= 15 is 0 Å². The first kappa shape index (κ1) is 34.1. The van der Waals surface area contributed by atoms with Crippen LogP contribution in [0.5, 0.6) is 0 Å². The number of hydrogen-bond acceptors (Lipinski definition) is 2. The molecule has 1 aromatic heterocycles. The molecule has 3 saturated carbocycles. The van der Waals surface area contributed by atoms with Crippen molar-refractivity contribution in [1.29, 1.82) is 0 Å². The third kappa shape index (κ3) is 5.66. The molecule has 3 heterocycles. The molecule has 3 aliphatic carbocycles. The van der Waals surface area contributed by atoms with E-state index in [9.17, 15) is 0 Å². The maximum Gasteiger partial charge on any atom is 0.248 e. The van der Waals surface area contributed by atoms with Gasteiger partial charge in [-0.3, -0.25) is 0 Å². The minimum absolute atomic E-state index is 0.235. The summed E-state index contributed by atoms with van der Waals surface area (Å²) in [5, 5.41) is 2.36. The van der Waals surface area contributed by atoms with Gasteiger partial charge in [0.25, 0.3) is 0 Å². The van der Waals surface area contributed by atoms with Crippen molar-refractivity contribution < 1.29 is 4.42 Å². The minimum atomic E-state index is 0.235. The van der Waals surface area contributed by atoms with Crippen LogP contribution in [0.4, 0.5) is 17.1 Å². The van der Waals surface area contributed by atoms with Gasteiger partial charge in [-0.25, -0.2) is 0 Å². The zero-order valence-corrected chi connectivity index (χ0v) is 33.2. The van der Waals surface area contributed by atoms with Crippen LogP contribution in [0, 0.1) is 0 Å². The lowest BCUT2D eigenvalue weighted by Gasteiger charge is -2.37. The van der Waals surface area contributed by atoms with E-state index in [0.717, 1.165) is 11.2 Å². The van der Waals surface area contributed by atoms with Crippen LogP contribution in [0.1, 0.15) is 131 Å². The Labute approximate surface area is 338 Å². The van der Waals surface area contributed by atoms with Gasteiger partial charge in [0, 0.05) is 27.8 Å². The fourth-order valence-corrected chi connectivity index (χ4v) is 12.1. The van der Waals surface area contributed by atoms with E-state index in [1.807, 2.05) is 0 Å². The fourth-order valence-electron chi connectivity index (χ4n) is 12.1. The van der Waals surface area contributed by atoms with Crippen LogP contribution in [0.15, 0.2) is 120 Å². The number of furan rings is 1. The molecule has 0 saturated heterocycles. The predicted molar refractivity (Wildman–Crippen MR) is 241 cm³/mol. The van der Waals surface area contributed by atoms with Gasteiger partial charge >= 0.3 is 0 Å². The molecule has 282 valence electrons. The van der Waals surface area contributed by atoms with Crippen LogP contribution in [0.3, 0.4) is 0 Å². The van der Waals surface area contributed by atoms with Gasteiger partial charge in [-0.1, -0.05) is 130 Å². The van der Waals surface area contributed by atoms with E-state index in [1.165, 1.54) is 168 Å². The summed E-state index contributed by atoms with van der Waals surface area (Å²) in [6, 6.07) is 45.5. The number of rotatable bonds is 5. The van der Waals surface area contributed by atoms with E-state index in [2.05, 4.69) is 120 Å². The summed E-state index contributed by atoms with van der Waals surface area (Å²) in [7, 11) is 0. The molecular weight excluding hydrogens is 689 g/mol. The summed E-state index contributed by atoms with van der Waals surface area (Å²) in [6.45, 7) is 0.235. The van der Waals surface area contributed by atoms with E-state index in [1.54, 1.807) is 11.1 Å². The molecule has 3 heteroatoms. The molecule has 0 unspecified atom stereocenters. The first-order chi connectivity index (χ1) is 28.2. The molecule has 7 aromatic rings. The normalized spacial score (nSPS) is 18.6. The molecule has 57 heavy (non-hydrogen) atoms. The second-order valence-corrected chi connectivity index (χ2v) is 18.3. The van der Waals surface area contributed by atoms with Crippen molar-refractivity contribution in [3.05, 3.63) is 132 Å². The van der Waals surface area contributed by atoms with Crippen molar-refractivity contribution in [3.8, 4) is 22.3 Å². The van der Waals surface area contributed by atoms with E-state index in [-0.39, 0.29) is 6.71 Å². The summed E-state index contributed by atoms with van der Waals surface area (Å²) in [5.74, 6) is 2.03. The van der Waals surface area contributed by atoms with Crippen LogP contribution in [-0.2, 0) is 0 Å². The van der Waals surface area contributed by atoms with Crippen molar-refractivity contribution in [2.75, 3.05) is 4.90 Å². The first-order valence-electron chi connectivity index (χ1n) is 22.5. The van der Waals surface area contributed by atoms with E-state index in [0.29, 0.717) is 17.8 Å². The Morgan fingerprint density at radius 2 is 1.05 bits per heavy atom. The Morgan fingerprint density at radius 3 is 1.77 bits per heavy atom. The highest BCUT2D eigenvalue weighted by atomic mass is 16.3. The maximum atomic E-state index is 6.31. The molecule has 0 bridgehead atoms. The highest BCUT2D eigenvalue weighted by molar-refractivity contribution is 7.01. The molecule has 0 radical (unpaired) electrons. The predicted octanol–water partition coefficient (Wildman–Crippen LogP) is 13.7. The summed E-state index contributed by atoms with van der Waals surface area (Å²) in [6.07, 6.45) is 20.2. The van der Waals surface area contributed by atoms with Crippen LogP contribution in [-0.4, -0.2) is 6.71 Å². The van der Waals surface area contributed by atoms with Crippen LogP contribution >= 0.6 is 0 Å². The van der Waals surface area contributed by atoms with Crippen molar-refractivity contribution in [2.24, 2.45) is 0 Å². The number of hydrogen-bond donors (Lipinski definition) is 0. The van der Waals surface area contributed by atoms with Crippen LogP contribution in [0.25, 0.3) is 44.2 Å². The average molecular weight is 742 g/mol. The summed E-state index contributed by atoms with van der Waals surface area (Å²) >= 11 is 0. The third-order valence-corrected chi connectivity index (χ3v) is 15.1. The van der Waals surface area contributed by atoms with Gasteiger partial charge in [0.1, 0.15) is 11.2 Å². The summed E-state index contributed by atoms with van der Waals surface area (Å²) in [4.78, 5) is 2.64. The Hall–Kier alpha value is -5.02. The van der Waals surface area contributed by atoms with Crippen molar-refractivity contribution in [2.45, 2.75) is 114 Å². The van der Waals surface area contributed by atoms with Crippen LogP contribution < -0.4 is 21.3 Å². The SMILES string of the molecule is c1ccc2c(c1)oc1ccc(-c3cc4c5c(c3)N(c3ccc(C6CCCCC6)cc3)c3ccc(C6CCCCC6)cc3B5c3cc(C5CCCCC5)ccc3-4)cc12. The smallest absolute Gasteiger partial charge is 0.248 e. The third-order valence-electron chi connectivity index (χ3n) is 15.1. The van der Waals surface area contributed by atoms with Crippen molar-refractivity contribution in [3.63, 3.8) is 0 Å². The summed E-state index contributed by atoms with van der Waals surface area (Å²) < 4.78 is 6.31. The number of para-hydroxylation sites is 1. The number of benzene rings is 6. The highest BCUT2D eigenvalue weighted by Gasteiger charge is 2.43. The van der Waals surface area contributed by atoms with Gasteiger partial charge in [0.15, 0.2) is 0 Å². The van der Waals surface area contributed by atoms with Gasteiger partial charge in [0.05, 0.1) is 0 Å². The average Bonchev–Trinajstić information content (AvgIpc) is 3.83. The fraction of sp³-hybridized carbons (Fsp3) is 0.333. The zero-order chi connectivity index (χ0) is 37.5. The van der Waals surface area contributed by atoms with Crippen molar-refractivity contribution in [1.82, 2.24) is 0 Å². The lowest BCUT2D eigenvalue weighted by Crippen LogP contribution is -2.55. The number of nitrogens with zero attached hydrogens (tertiary/aromatic N) is 1. The Balaban J connectivity index is 1.08. The minimum Gasteiger partial charge on any atom is -0.456 e. The van der Waals surface area contributed by atoms with Gasteiger partial charge in [0.2, 0.25) is 6.71 Å². The zero-order valence-electron chi connectivity index (χ0n) is 33.2. The molecule has 0 spiro atoms. The maximum absolute atomic E-state index is 6.31. The first-order valence-corrected chi connectivity index (χ1v) is 22.5. The molecule has 6 aromatic carbocycles. The van der Waals surface area contributed by atoms with Crippen LogP contribution in [0.2, 0.25) is 0 Å². The number of anilines is 3. The second kappa shape index (κ2) is 13.8. The van der Waals surface area contributed by atoms with Crippen molar-refractivity contribution >= 4 is 62.1 Å². The Bertz CT molecular complexity index is 2650.